The lowest BCUT2D eigenvalue weighted by Gasteiger charge is -2.14. The third-order valence-electron chi connectivity index (χ3n) is 3.77. The molecule has 0 unspecified atom stereocenters. The number of carbonyl (C=O) groups excluding carboxylic acids is 3. The van der Waals surface area contributed by atoms with E-state index >= 15 is 0 Å². The molecule has 0 aromatic heterocycles. The molecule has 28 heavy (non-hydrogen) atoms. The molecule has 2 rings (SSSR count). The van der Waals surface area contributed by atoms with Gasteiger partial charge < -0.3 is 19.5 Å². The molecule has 2 aromatic rings. The summed E-state index contributed by atoms with van der Waals surface area (Å²) in [5.41, 5.74) is 1.58. The zero-order valence-electron chi connectivity index (χ0n) is 15.8. The summed E-state index contributed by atoms with van der Waals surface area (Å²) in [4.78, 5) is 35.5. The average molecular weight is 383 g/mol. The van der Waals surface area contributed by atoms with Crippen LogP contribution in [0.2, 0.25) is 0 Å². The summed E-state index contributed by atoms with van der Waals surface area (Å²) in [6.07, 6.45) is 1.73. The molecular weight excluding hydrogens is 362 g/mol. The van der Waals surface area contributed by atoms with Gasteiger partial charge in [-0.15, -0.1) is 0 Å². The van der Waals surface area contributed by atoms with E-state index in [-0.39, 0.29) is 0 Å². The number of hydrogen-bond acceptors (Lipinski definition) is 6. The predicted molar refractivity (Wildman–Crippen MR) is 104 cm³/mol. The first kappa shape index (κ1) is 20.7. The molecule has 1 N–H and O–H groups in total. The summed E-state index contributed by atoms with van der Waals surface area (Å²) >= 11 is 0. The van der Waals surface area contributed by atoms with E-state index in [2.05, 4.69) is 10.1 Å². The van der Waals surface area contributed by atoms with E-state index < -0.39 is 23.9 Å². The number of nitrogens with one attached hydrogen (secondary N) is 1. The number of hydrogen-bond donors (Lipinski definition) is 1. The minimum atomic E-state index is -0.997. The predicted octanol–water partition coefficient (Wildman–Crippen LogP) is 3.07. The van der Waals surface area contributed by atoms with E-state index in [1.807, 2.05) is 0 Å². The van der Waals surface area contributed by atoms with Crippen LogP contribution in [0.3, 0.4) is 0 Å². The van der Waals surface area contributed by atoms with Crippen LogP contribution in [0.4, 0.5) is 5.69 Å². The van der Waals surface area contributed by atoms with Crippen LogP contribution in [-0.2, 0) is 19.1 Å². The van der Waals surface area contributed by atoms with Gasteiger partial charge in [-0.1, -0.05) is 24.3 Å². The van der Waals surface area contributed by atoms with Gasteiger partial charge >= 0.3 is 11.9 Å². The van der Waals surface area contributed by atoms with Crippen molar-refractivity contribution in [1.29, 1.82) is 0 Å². The van der Waals surface area contributed by atoms with Crippen molar-refractivity contribution in [1.82, 2.24) is 0 Å². The third-order valence-corrected chi connectivity index (χ3v) is 3.77. The quantitative estimate of drug-likeness (QED) is 0.584. The number of esters is 2. The van der Waals surface area contributed by atoms with Crippen LogP contribution >= 0.6 is 0 Å². The lowest BCUT2D eigenvalue weighted by molar-refractivity contribution is -0.148. The molecule has 0 saturated carbocycles. The van der Waals surface area contributed by atoms with Gasteiger partial charge in [0, 0.05) is 6.08 Å². The molecule has 146 valence electrons. The Morgan fingerprint density at radius 2 is 1.68 bits per heavy atom. The molecule has 0 aliphatic carbocycles. The standard InChI is InChI=1S/C21H21NO6/c1-14(20(24)22-17-6-4-5-7-18(17)26-2)28-19(23)13-10-15-8-11-16(12-9-15)21(25)27-3/h4-14H,1-3H3,(H,22,24)/b13-10+/t14-/m1/s1. The highest BCUT2D eigenvalue weighted by molar-refractivity contribution is 5.97. The fourth-order valence-corrected chi connectivity index (χ4v) is 2.26. The van der Waals surface area contributed by atoms with Crippen molar-refractivity contribution in [2.45, 2.75) is 13.0 Å². The van der Waals surface area contributed by atoms with E-state index in [1.54, 1.807) is 48.5 Å². The van der Waals surface area contributed by atoms with Crippen LogP contribution in [0.5, 0.6) is 5.75 Å². The maximum Gasteiger partial charge on any atom is 0.337 e. The molecule has 0 radical (unpaired) electrons. The number of rotatable bonds is 7. The Bertz CT molecular complexity index is 873. The zero-order chi connectivity index (χ0) is 20.5. The summed E-state index contributed by atoms with van der Waals surface area (Å²) in [5.74, 6) is -1.08. The first-order valence-electron chi connectivity index (χ1n) is 8.45. The second-order valence-electron chi connectivity index (χ2n) is 5.72. The maximum absolute atomic E-state index is 12.2. The number of anilines is 1. The smallest absolute Gasteiger partial charge is 0.337 e. The van der Waals surface area contributed by atoms with Gasteiger partial charge in [0.15, 0.2) is 6.10 Å². The van der Waals surface area contributed by atoms with E-state index in [0.717, 1.165) is 0 Å². The molecule has 0 saturated heterocycles. The highest BCUT2D eigenvalue weighted by Crippen LogP contribution is 2.23. The SMILES string of the molecule is COC(=O)c1ccc(/C=C/C(=O)O[C@H](C)C(=O)Nc2ccccc2OC)cc1. The lowest BCUT2D eigenvalue weighted by Crippen LogP contribution is -2.29. The Morgan fingerprint density at radius 3 is 2.32 bits per heavy atom. The van der Waals surface area contributed by atoms with Crippen LogP contribution in [0.1, 0.15) is 22.8 Å². The fourth-order valence-electron chi connectivity index (χ4n) is 2.26. The first-order valence-corrected chi connectivity index (χ1v) is 8.45. The van der Waals surface area contributed by atoms with Crippen LogP contribution < -0.4 is 10.1 Å². The van der Waals surface area contributed by atoms with E-state index in [4.69, 9.17) is 9.47 Å². The Kier molecular flexibility index (Phi) is 7.33. The number of methoxy groups -OCH3 is 2. The molecular formula is C21H21NO6. The Labute approximate surface area is 162 Å². The van der Waals surface area contributed by atoms with Crippen molar-refractivity contribution in [3.05, 3.63) is 65.7 Å². The van der Waals surface area contributed by atoms with Gasteiger partial charge in [-0.2, -0.15) is 0 Å². The van der Waals surface area contributed by atoms with Gasteiger partial charge in [0.1, 0.15) is 5.75 Å². The minimum absolute atomic E-state index is 0.406. The topological polar surface area (TPSA) is 90.9 Å². The molecule has 2 aromatic carbocycles. The van der Waals surface area contributed by atoms with Crippen molar-refractivity contribution < 1.29 is 28.6 Å². The van der Waals surface area contributed by atoms with Crippen molar-refractivity contribution >= 4 is 29.6 Å². The Balaban J connectivity index is 1.91. The largest absolute Gasteiger partial charge is 0.495 e. The molecule has 0 heterocycles. The summed E-state index contributed by atoms with van der Waals surface area (Å²) in [5, 5.41) is 2.65. The van der Waals surface area contributed by atoms with Crippen LogP contribution in [0, 0.1) is 0 Å². The average Bonchev–Trinajstić information content (AvgIpc) is 2.72. The minimum Gasteiger partial charge on any atom is -0.495 e. The van der Waals surface area contributed by atoms with Crippen LogP contribution in [-0.4, -0.2) is 38.2 Å². The number of ether oxygens (including phenoxy) is 3. The lowest BCUT2D eigenvalue weighted by atomic mass is 10.1. The maximum atomic E-state index is 12.2. The summed E-state index contributed by atoms with van der Waals surface area (Å²) < 4.78 is 14.9. The number of para-hydroxylation sites is 2. The monoisotopic (exact) mass is 383 g/mol. The molecule has 0 bridgehead atoms. The van der Waals surface area contributed by atoms with Gasteiger partial charge in [0.25, 0.3) is 5.91 Å². The highest BCUT2D eigenvalue weighted by Gasteiger charge is 2.18. The first-order chi connectivity index (χ1) is 13.4. The molecule has 1 atom stereocenters. The van der Waals surface area contributed by atoms with E-state index in [1.165, 1.54) is 33.3 Å². The van der Waals surface area contributed by atoms with Crippen molar-refractivity contribution in [3.63, 3.8) is 0 Å². The van der Waals surface area contributed by atoms with E-state index in [0.29, 0.717) is 22.6 Å². The summed E-state index contributed by atoms with van der Waals surface area (Å²) in [6, 6.07) is 13.4. The Hall–Kier alpha value is -3.61. The Morgan fingerprint density at radius 1 is 1.00 bits per heavy atom. The molecule has 0 fully saturated rings. The van der Waals surface area contributed by atoms with Crippen molar-refractivity contribution in [3.8, 4) is 5.75 Å². The van der Waals surface area contributed by atoms with E-state index in [9.17, 15) is 14.4 Å². The second kappa shape index (κ2) is 9.91. The molecule has 7 nitrogen and oxygen atoms in total. The van der Waals surface area contributed by atoms with Gasteiger partial charge in [-0.25, -0.2) is 9.59 Å². The number of amides is 1. The van der Waals surface area contributed by atoms with Crippen molar-refractivity contribution in [2.24, 2.45) is 0 Å². The van der Waals surface area contributed by atoms with Crippen LogP contribution in [0.25, 0.3) is 6.08 Å². The van der Waals surface area contributed by atoms with Crippen LogP contribution in [0.15, 0.2) is 54.6 Å². The molecule has 0 aliphatic heterocycles. The zero-order valence-corrected chi connectivity index (χ0v) is 15.8. The molecule has 0 spiro atoms. The molecule has 0 aliphatic rings. The fraction of sp³-hybridized carbons (Fsp3) is 0.190. The molecule has 1 amide bonds. The third kappa shape index (κ3) is 5.70. The van der Waals surface area contributed by atoms with Crippen molar-refractivity contribution in [2.75, 3.05) is 19.5 Å². The highest BCUT2D eigenvalue weighted by atomic mass is 16.5. The van der Waals surface area contributed by atoms with Gasteiger partial charge in [-0.05, 0) is 42.8 Å². The second-order valence-corrected chi connectivity index (χ2v) is 5.72. The number of carbonyl (C=O) groups is 3. The number of benzene rings is 2. The summed E-state index contributed by atoms with van der Waals surface area (Å²) in [6.45, 7) is 1.47. The van der Waals surface area contributed by atoms with Gasteiger partial charge in [0.05, 0.1) is 25.5 Å². The normalized spacial score (nSPS) is 11.5. The van der Waals surface area contributed by atoms with Gasteiger partial charge in [0.2, 0.25) is 0 Å². The van der Waals surface area contributed by atoms with Gasteiger partial charge in [-0.3, -0.25) is 4.79 Å². The summed E-state index contributed by atoms with van der Waals surface area (Å²) in [7, 11) is 2.80. The molecule has 7 heteroatoms.